The van der Waals surface area contributed by atoms with Gasteiger partial charge in [0.2, 0.25) is 0 Å². The predicted molar refractivity (Wildman–Crippen MR) is 72.6 cm³/mol. The molecule has 0 amide bonds. The number of nitrogens with one attached hydrogen (secondary N) is 1. The van der Waals surface area contributed by atoms with Crippen molar-refractivity contribution in [3.05, 3.63) is 34.3 Å². The molecule has 0 spiro atoms. The summed E-state index contributed by atoms with van der Waals surface area (Å²) < 4.78 is 0. The van der Waals surface area contributed by atoms with E-state index in [0.717, 1.165) is 17.0 Å². The molecule has 1 fully saturated rings. The highest BCUT2D eigenvalue weighted by Gasteiger charge is 2.24. The minimum absolute atomic E-state index is 0.778. The molecule has 17 heavy (non-hydrogen) atoms. The van der Waals surface area contributed by atoms with E-state index in [2.05, 4.69) is 17.4 Å². The molecule has 2 heteroatoms. The fraction of sp³-hybridized carbons (Fsp3) is 0.600. The van der Waals surface area contributed by atoms with Crippen molar-refractivity contribution in [3.8, 4) is 0 Å². The summed E-state index contributed by atoms with van der Waals surface area (Å²) in [6.07, 6.45) is 7.81. The summed E-state index contributed by atoms with van der Waals surface area (Å²) in [4.78, 5) is 0. The highest BCUT2D eigenvalue weighted by Crippen LogP contribution is 2.33. The van der Waals surface area contributed by atoms with Crippen LogP contribution < -0.4 is 5.32 Å². The molecule has 0 saturated carbocycles. The minimum Gasteiger partial charge on any atom is -0.314 e. The third-order valence-electron chi connectivity index (χ3n) is 4.31. The monoisotopic (exact) mass is 249 g/mol. The van der Waals surface area contributed by atoms with Crippen LogP contribution in [0.3, 0.4) is 0 Å². The Hall–Kier alpha value is -0.530. The van der Waals surface area contributed by atoms with E-state index in [1.165, 1.54) is 56.2 Å². The second-order valence-corrected chi connectivity index (χ2v) is 5.92. The zero-order valence-electron chi connectivity index (χ0n) is 10.2. The van der Waals surface area contributed by atoms with Gasteiger partial charge in [-0.25, -0.2) is 0 Å². The molecule has 1 aromatic carbocycles. The third kappa shape index (κ3) is 2.51. The number of benzene rings is 1. The van der Waals surface area contributed by atoms with Gasteiger partial charge in [0, 0.05) is 11.1 Å². The number of halogens is 1. The van der Waals surface area contributed by atoms with Crippen molar-refractivity contribution in [1.82, 2.24) is 5.32 Å². The molecule has 0 aromatic heterocycles. The van der Waals surface area contributed by atoms with Crippen LogP contribution in [0.4, 0.5) is 0 Å². The lowest BCUT2D eigenvalue weighted by molar-refractivity contribution is 0.373. The summed E-state index contributed by atoms with van der Waals surface area (Å²) in [5, 5.41) is 4.59. The largest absolute Gasteiger partial charge is 0.314 e. The first kappa shape index (κ1) is 11.6. The van der Waals surface area contributed by atoms with E-state index >= 15 is 0 Å². The maximum absolute atomic E-state index is 6.25. The Morgan fingerprint density at radius 3 is 3.06 bits per heavy atom. The Morgan fingerprint density at radius 2 is 2.24 bits per heavy atom. The van der Waals surface area contributed by atoms with Gasteiger partial charge in [0.1, 0.15) is 0 Å². The topological polar surface area (TPSA) is 12.0 Å². The van der Waals surface area contributed by atoms with E-state index in [0.29, 0.717) is 0 Å². The van der Waals surface area contributed by atoms with Crippen LogP contribution >= 0.6 is 11.6 Å². The lowest BCUT2D eigenvalue weighted by atomic mass is 9.80. The third-order valence-corrected chi connectivity index (χ3v) is 4.66. The minimum atomic E-state index is 0.778. The average Bonchev–Trinajstić information content (AvgIpc) is 2.82. The highest BCUT2D eigenvalue weighted by atomic mass is 35.5. The lowest BCUT2D eigenvalue weighted by Crippen LogP contribution is -2.27. The first-order valence-corrected chi connectivity index (χ1v) is 7.20. The molecule has 0 bridgehead atoms. The van der Waals surface area contributed by atoms with Crippen molar-refractivity contribution in [1.29, 1.82) is 0 Å². The van der Waals surface area contributed by atoms with Crippen LogP contribution in [0.25, 0.3) is 0 Å². The van der Waals surface area contributed by atoms with Gasteiger partial charge in [0.05, 0.1) is 0 Å². The molecule has 1 aliphatic heterocycles. The zero-order chi connectivity index (χ0) is 11.7. The first-order chi connectivity index (χ1) is 8.33. The first-order valence-electron chi connectivity index (χ1n) is 6.82. The highest BCUT2D eigenvalue weighted by molar-refractivity contribution is 6.31. The molecular weight excluding hydrogens is 230 g/mol. The Labute approximate surface area is 109 Å². The summed E-state index contributed by atoms with van der Waals surface area (Å²) in [5.74, 6) is 0.858. The molecular formula is C15H20ClN. The van der Waals surface area contributed by atoms with Gasteiger partial charge >= 0.3 is 0 Å². The van der Waals surface area contributed by atoms with E-state index in [1.807, 2.05) is 6.07 Å². The van der Waals surface area contributed by atoms with Crippen molar-refractivity contribution in [2.24, 2.45) is 5.92 Å². The average molecular weight is 250 g/mol. The molecule has 1 saturated heterocycles. The van der Waals surface area contributed by atoms with Crippen LogP contribution in [0.1, 0.15) is 36.8 Å². The van der Waals surface area contributed by atoms with E-state index < -0.39 is 0 Å². The van der Waals surface area contributed by atoms with E-state index in [1.54, 1.807) is 0 Å². The van der Waals surface area contributed by atoms with Gasteiger partial charge in [-0.2, -0.15) is 0 Å². The maximum Gasteiger partial charge on any atom is 0.0440 e. The molecule has 2 aliphatic rings. The van der Waals surface area contributed by atoms with Crippen molar-refractivity contribution in [2.45, 2.75) is 44.6 Å². The fourth-order valence-electron chi connectivity index (χ4n) is 3.40. The van der Waals surface area contributed by atoms with Crippen molar-refractivity contribution in [2.75, 3.05) is 6.54 Å². The Kier molecular flexibility index (Phi) is 3.39. The summed E-state index contributed by atoms with van der Waals surface area (Å²) in [6, 6.07) is 7.16. The van der Waals surface area contributed by atoms with Gasteiger partial charge < -0.3 is 5.32 Å². The van der Waals surface area contributed by atoms with Crippen LogP contribution in [-0.4, -0.2) is 12.6 Å². The number of fused-ring (bicyclic) bond motifs is 1. The quantitative estimate of drug-likeness (QED) is 0.845. The second-order valence-electron chi connectivity index (χ2n) is 5.52. The molecule has 92 valence electrons. The maximum atomic E-state index is 6.25. The van der Waals surface area contributed by atoms with Crippen LogP contribution in [0.2, 0.25) is 5.02 Å². The van der Waals surface area contributed by atoms with Crippen molar-refractivity contribution in [3.63, 3.8) is 0 Å². The van der Waals surface area contributed by atoms with E-state index in [4.69, 9.17) is 11.6 Å². The lowest BCUT2D eigenvalue weighted by Gasteiger charge is -2.27. The molecule has 1 N–H and O–H groups in total. The molecule has 1 heterocycles. The van der Waals surface area contributed by atoms with Crippen molar-refractivity contribution < 1.29 is 0 Å². The van der Waals surface area contributed by atoms with Crippen LogP contribution in [0, 0.1) is 5.92 Å². The number of rotatable bonds is 2. The predicted octanol–water partition coefficient (Wildman–Crippen LogP) is 3.59. The van der Waals surface area contributed by atoms with E-state index in [-0.39, 0.29) is 0 Å². The second kappa shape index (κ2) is 4.99. The molecule has 1 aromatic rings. The molecule has 0 radical (unpaired) electrons. The van der Waals surface area contributed by atoms with Gasteiger partial charge in [0.15, 0.2) is 0 Å². The van der Waals surface area contributed by atoms with Gasteiger partial charge in [-0.3, -0.25) is 0 Å². The molecule has 2 atom stereocenters. The number of hydrogen-bond donors (Lipinski definition) is 1. The molecule has 1 nitrogen and oxygen atoms in total. The smallest absolute Gasteiger partial charge is 0.0440 e. The zero-order valence-corrected chi connectivity index (χ0v) is 11.0. The Balaban J connectivity index is 1.68. The summed E-state index contributed by atoms with van der Waals surface area (Å²) in [6.45, 7) is 1.22. The Bertz CT molecular complexity index is 396. The van der Waals surface area contributed by atoms with Gasteiger partial charge in [-0.05, 0) is 68.2 Å². The normalized spacial score (nSPS) is 28.1. The van der Waals surface area contributed by atoms with Gasteiger partial charge in [-0.1, -0.05) is 23.7 Å². The fourth-order valence-corrected chi connectivity index (χ4v) is 3.69. The van der Waals surface area contributed by atoms with Crippen molar-refractivity contribution >= 4 is 11.6 Å². The summed E-state index contributed by atoms with van der Waals surface area (Å²) in [5.41, 5.74) is 2.90. The SMILES string of the molecule is Clc1cccc2c1CCC(CC1CCCN1)C2. The molecule has 3 rings (SSSR count). The summed E-state index contributed by atoms with van der Waals surface area (Å²) in [7, 11) is 0. The van der Waals surface area contributed by atoms with Crippen LogP contribution in [0.15, 0.2) is 18.2 Å². The van der Waals surface area contributed by atoms with Gasteiger partial charge in [0.25, 0.3) is 0 Å². The number of hydrogen-bond acceptors (Lipinski definition) is 1. The molecule has 1 aliphatic carbocycles. The van der Waals surface area contributed by atoms with E-state index in [9.17, 15) is 0 Å². The van der Waals surface area contributed by atoms with Crippen LogP contribution in [0.5, 0.6) is 0 Å². The Morgan fingerprint density at radius 1 is 1.29 bits per heavy atom. The molecule has 2 unspecified atom stereocenters. The van der Waals surface area contributed by atoms with Gasteiger partial charge in [-0.15, -0.1) is 0 Å². The standard InChI is InChI=1S/C15H20ClN/c16-15-5-1-3-12-9-11(6-7-14(12)15)10-13-4-2-8-17-13/h1,3,5,11,13,17H,2,4,6-10H2. The van der Waals surface area contributed by atoms with Crippen LogP contribution in [-0.2, 0) is 12.8 Å². The summed E-state index contributed by atoms with van der Waals surface area (Å²) >= 11 is 6.25.